The summed E-state index contributed by atoms with van der Waals surface area (Å²) in [5.41, 5.74) is -0.881. The van der Waals surface area contributed by atoms with Gasteiger partial charge in [0.2, 0.25) is 5.91 Å². The van der Waals surface area contributed by atoms with E-state index in [2.05, 4.69) is 5.32 Å². The average Bonchev–Trinajstić information content (AvgIpc) is 2.77. The number of carbonyl (C=O) groups excluding carboxylic acids is 3. The van der Waals surface area contributed by atoms with E-state index in [-0.39, 0.29) is 24.8 Å². The number of urea groups is 1. The number of hydrogen-bond donors (Lipinski definition) is 1. The first-order chi connectivity index (χ1) is 12.2. The third-order valence-corrected chi connectivity index (χ3v) is 4.48. The minimum absolute atomic E-state index is 0.0703. The highest BCUT2D eigenvalue weighted by Gasteiger charge is 2.43. The van der Waals surface area contributed by atoms with Gasteiger partial charge in [0, 0.05) is 20.0 Å². The van der Waals surface area contributed by atoms with Crippen LogP contribution < -0.4 is 10.1 Å². The number of amides is 4. The summed E-state index contributed by atoms with van der Waals surface area (Å²) in [5.74, 6) is 0.242. The molecule has 0 bridgehead atoms. The molecule has 1 aliphatic rings. The van der Waals surface area contributed by atoms with Gasteiger partial charge in [-0.3, -0.25) is 14.5 Å². The number of para-hydroxylation sites is 1. The molecule has 0 atom stereocenters. The van der Waals surface area contributed by atoms with Crippen molar-refractivity contribution >= 4 is 29.4 Å². The highest BCUT2D eigenvalue weighted by Crippen LogP contribution is 2.23. The molecule has 142 valence electrons. The standard InChI is InChI=1S/C18H24ClN3O4/c1-18(2)16(24)22(17(25)20-18)10-6-9-15(23)21(3)11-12-26-14-8-5-4-7-13(14)19/h4-5,7-8H,6,9-12H2,1-3H3,(H,20,25). The quantitative estimate of drug-likeness (QED) is 0.701. The fraction of sp³-hybridized carbons (Fsp3) is 0.500. The van der Waals surface area contributed by atoms with Crippen molar-refractivity contribution in [3.8, 4) is 5.75 Å². The first-order valence-electron chi connectivity index (χ1n) is 8.48. The van der Waals surface area contributed by atoms with Gasteiger partial charge in [-0.2, -0.15) is 0 Å². The highest BCUT2D eigenvalue weighted by atomic mass is 35.5. The van der Waals surface area contributed by atoms with Gasteiger partial charge in [-0.1, -0.05) is 23.7 Å². The van der Waals surface area contributed by atoms with Crippen molar-refractivity contribution < 1.29 is 19.1 Å². The van der Waals surface area contributed by atoms with Gasteiger partial charge in [0.1, 0.15) is 17.9 Å². The summed E-state index contributed by atoms with van der Waals surface area (Å²) in [4.78, 5) is 38.7. The van der Waals surface area contributed by atoms with Gasteiger partial charge < -0.3 is 15.0 Å². The number of hydrogen-bond acceptors (Lipinski definition) is 4. The van der Waals surface area contributed by atoms with Crippen LogP contribution in [0.1, 0.15) is 26.7 Å². The maximum atomic E-state index is 12.2. The second-order valence-corrected chi connectivity index (χ2v) is 7.12. The van der Waals surface area contributed by atoms with E-state index in [0.29, 0.717) is 30.3 Å². The number of likely N-dealkylation sites (N-methyl/N-ethyl adjacent to an activating group) is 1. The molecule has 1 N–H and O–H groups in total. The normalized spacial score (nSPS) is 15.8. The monoisotopic (exact) mass is 381 g/mol. The lowest BCUT2D eigenvalue weighted by atomic mass is 10.1. The number of benzene rings is 1. The lowest BCUT2D eigenvalue weighted by Crippen LogP contribution is -2.40. The van der Waals surface area contributed by atoms with Gasteiger partial charge >= 0.3 is 6.03 Å². The second kappa shape index (κ2) is 8.40. The van der Waals surface area contributed by atoms with Crippen LogP contribution in [-0.2, 0) is 9.59 Å². The lowest BCUT2D eigenvalue weighted by Gasteiger charge is -2.19. The summed E-state index contributed by atoms with van der Waals surface area (Å²) in [5, 5.41) is 3.14. The van der Waals surface area contributed by atoms with E-state index in [1.54, 1.807) is 37.9 Å². The van der Waals surface area contributed by atoms with E-state index in [4.69, 9.17) is 16.3 Å². The summed E-state index contributed by atoms with van der Waals surface area (Å²) in [6.07, 6.45) is 0.671. The summed E-state index contributed by atoms with van der Waals surface area (Å²) in [7, 11) is 1.69. The van der Waals surface area contributed by atoms with Crippen molar-refractivity contribution in [3.05, 3.63) is 29.3 Å². The highest BCUT2D eigenvalue weighted by molar-refractivity contribution is 6.32. The molecule has 0 saturated carbocycles. The maximum absolute atomic E-state index is 12.2. The van der Waals surface area contributed by atoms with Crippen LogP contribution in [0.15, 0.2) is 24.3 Å². The van der Waals surface area contributed by atoms with Gasteiger partial charge in [-0.15, -0.1) is 0 Å². The molecular formula is C18H24ClN3O4. The van der Waals surface area contributed by atoms with Crippen molar-refractivity contribution in [1.29, 1.82) is 0 Å². The van der Waals surface area contributed by atoms with Gasteiger partial charge in [0.05, 0.1) is 11.6 Å². The SMILES string of the molecule is CN(CCOc1ccccc1Cl)C(=O)CCCN1C(=O)NC(C)(C)C1=O. The Hall–Kier alpha value is -2.28. The number of carbonyl (C=O) groups is 3. The minimum Gasteiger partial charge on any atom is -0.490 e. The Morgan fingerprint density at radius 3 is 2.62 bits per heavy atom. The van der Waals surface area contributed by atoms with Crippen LogP contribution in [0.5, 0.6) is 5.75 Å². The molecule has 1 aromatic carbocycles. The van der Waals surface area contributed by atoms with Crippen molar-refractivity contribution in [1.82, 2.24) is 15.1 Å². The van der Waals surface area contributed by atoms with E-state index in [0.717, 1.165) is 4.90 Å². The van der Waals surface area contributed by atoms with Crippen molar-refractivity contribution in [2.24, 2.45) is 0 Å². The van der Waals surface area contributed by atoms with E-state index in [1.807, 2.05) is 12.1 Å². The van der Waals surface area contributed by atoms with Crippen molar-refractivity contribution in [2.75, 3.05) is 26.7 Å². The molecule has 1 aliphatic heterocycles. The molecule has 1 aromatic rings. The third kappa shape index (κ3) is 4.88. The Labute approximate surface area is 158 Å². The molecule has 0 radical (unpaired) electrons. The van der Waals surface area contributed by atoms with E-state index >= 15 is 0 Å². The summed E-state index contributed by atoms with van der Waals surface area (Å²) >= 11 is 6.01. The molecule has 1 saturated heterocycles. The third-order valence-electron chi connectivity index (χ3n) is 4.16. The Bertz CT molecular complexity index is 693. The van der Waals surface area contributed by atoms with Gasteiger partial charge in [-0.05, 0) is 32.4 Å². The number of rotatable bonds is 8. The average molecular weight is 382 g/mol. The Kier molecular flexibility index (Phi) is 6.47. The van der Waals surface area contributed by atoms with E-state index in [1.165, 1.54) is 0 Å². The molecular weight excluding hydrogens is 358 g/mol. The Balaban J connectivity index is 1.70. The first kappa shape index (κ1) is 20.0. The largest absolute Gasteiger partial charge is 0.490 e. The zero-order valence-electron chi connectivity index (χ0n) is 15.3. The van der Waals surface area contributed by atoms with Crippen LogP contribution in [0.4, 0.5) is 4.79 Å². The van der Waals surface area contributed by atoms with Gasteiger partial charge in [0.15, 0.2) is 0 Å². The minimum atomic E-state index is -0.881. The molecule has 7 nitrogen and oxygen atoms in total. The molecule has 8 heteroatoms. The van der Waals surface area contributed by atoms with E-state index in [9.17, 15) is 14.4 Å². The van der Waals surface area contributed by atoms with Crippen LogP contribution in [0.2, 0.25) is 5.02 Å². The molecule has 0 spiro atoms. The number of halogens is 1. The zero-order valence-corrected chi connectivity index (χ0v) is 16.0. The Morgan fingerprint density at radius 1 is 1.31 bits per heavy atom. The maximum Gasteiger partial charge on any atom is 0.325 e. The second-order valence-electron chi connectivity index (χ2n) is 6.71. The number of nitrogens with one attached hydrogen (secondary N) is 1. The number of nitrogens with zero attached hydrogens (tertiary/aromatic N) is 2. The summed E-state index contributed by atoms with van der Waals surface area (Å²) < 4.78 is 5.56. The molecule has 1 fully saturated rings. The smallest absolute Gasteiger partial charge is 0.325 e. The molecule has 0 aromatic heterocycles. The fourth-order valence-electron chi connectivity index (χ4n) is 2.58. The van der Waals surface area contributed by atoms with Gasteiger partial charge in [-0.25, -0.2) is 4.79 Å². The molecule has 0 unspecified atom stereocenters. The molecule has 2 rings (SSSR count). The van der Waals surface area contributed by atoms with Crippen LogP contribution in [0.25, 0.3) is 0 Å². The van der Waals surface area contributed by atoms with Crippen LogP contribution >= 0.6 is 11.6 Å². The fourth-order valence-corrected chi connectivity index (χ4v) is 2.77. The predicted octanol–water partition coefficient (Wildman–Crippen LogP) is 2.29. The summed E-state index contributed by atoms with van der Waals surface area (Å²) in [6.45, 7) is 4.29. The van der Waals surface area contributed by atoms with Crippen LogP contribution in [0.3, 0.4) is 0 Å². The van der Waals surface area contributed by atoms with Crippen molar-refractivity contribution in [3.63, 3.8) is 0 Å². The van der Waals surface area contributed by atoms with Crippen LogP contribution in [0, 0.1) is 0 Å². The molecule has 1 heterocycles. The van der Waals surface area contributed by atoms with E-state index < -0.39 is 11.6 Å². The van der Waals surface area contributed by atoms with Gasteiger partial charge in [0.25, 0.3) is 5.91 Å². The zero-order chi connectivity index (χ0) is 19.3. The lowest BCUT2D eigenvalue weighted by molar-refractivity contribution is -0.132. The molecule has 4 amide bonds. The van der Waals surface area contributed by atoms with Crippen LogP contribution in [-0.4, -0.2) is 59.9 Å². The molecule has 0 aliphatic carbocycles. The number of ether oxygens (including phenoxy) is 1. The van der Waals surface area contributed by atoms with Crippen molar-refractivity contribution in [2.45, 2.75) is 32.2 Å². The topological polar surface area (TPSA) is 79.0 Å². The number of imide groups is 1. The molecule has 26 heavy (non-hydrogen) atoms. The summed E-state index contributed by atoms with van der Waals surface area (Å²) in [6, 6.07) is 6.74. The predicted molar refractivity (Wildman–Crippen MR) is 98.1 cm³/mol. The Morgan fingerprint density at radius 2 is 2.00 bits per heavy atom. The first-order valence-corrected chi connectivity index (χ1v) is 8.85.